The smallest absolute Gasteiger partial charge is 0.316 e. The maximum absolute atomic E-state index is 12.4. The van der Waals surface area contributed by atoms with Crippen molar-refractivity contribution in [3.8, 4) is 5.75 Å². The topological polar surface area (TPSA) is 63.7 Å². The van der Waals surface area contributed by atoms with Gasteiger partial charge in [-0.25, -0.2) is 0 Å². The Morgan fingerprint density at radius 1 is 1.08 bits per heavy atom. The van der Waals surface area contributed by atoms with Crippen LogP contribution in [0.2, 0.25) is 0 Å². The highest BCUT2D eigenvalue weighted by Gasteiger charge is 2.35. The lowest BCUT2D eigenvalue weighted by molar-refractivity contribution is -0.139. The van der Waals surface area contributed by atoms with E-state index in [0.717, 1.165) is 5.56 Å². The number of amides is 1. The summed E-state index contributed by atoms with van der Waals surface area (Å²) in [5, 5.41) is 0. The molecule has 0 aliphatic carbocycles. The normalized spacial score (nSPS) is 16.6. The van der Waals surface area contributed by atoms with E-state index in [1.54, 1.807) is 29.2 Å². The van der Waals surface area contributed by atoms with Crippen LogP contribution in [0, 0.1) is 12.8 Å². The van der Waals surface area contributed by atoms with E-state index in [0.29, 0.717) is 24.4 Å². The van der Waals surface area contributed by atoms with E-state index >= 15 is 0 Å². The number of hydrogen-bond donors (Lipinski definition) is 0. The minimum atomic E-state index is -0.472. The van der Waals surface area contributed by atoms with Crippen LogP contribution in [0.5, 0.6) is 5.75 Å². The molecule has 3 rings (SSSR count). The monoisotopic (exact) mass is 351 g/mol. The lowest BCUT2D eigenvalue weighted by atomic mass is 10.1. The molecule has 1 aliphatic rings. The number of aryl methyl sites for hydroxylation is 1. The van der Waals surface area contributed by atoms with E-state index in [-0.39, 0.29) is 18.1 Å². The molecule has 0 saturated carbocycles. The third-order valence-electron chi connectivity index (χ3n) is 4.52. The summed E-state index contributed by atoms with van der Waals surface area (Å²) in [5.74, 6) is -0.597. The largest absolute Gasteiger partial charge is 0.426 e. The summed E-state index contributed by atoms with van der Waals surface area (Å²) in [6.45, 7) is 4.35. The molecule has 0 aromatic heterocycles. The van der Waals surface area contributed by atoms with Crippen molar-refractivity contribution in [2.45, 2.75) is 26.8 Å². The van der Waals surface area contributed by atoms with Gasteiger partial charge in [-0.15, -0.1) is 0 Å². The Morgan fingerprint density at radius 2 is 1.73 bits per heavy atom. The number of carbonyl (C=O) groups excluding carboxylic acids is 3. The molecule has 0 bridgehead atoms. The van der Waals surface area contributed by atoms with Crippen molar-refractivity contribution in [2.75, 3.05) is 6.54 Å². The molecule has 26 heavy (non-hydrogen) atoms. The van der Waals surface area contributed by atoms with Crippen LogP contribution in [0.4, 0.5) is 0 Å². The van der Waals surface area contributed by atoms with E-state index < -0.39 is 11.9 Å². The number of hydrogen-bond acceptors (Lipinski definition) is 4. The Hall–Kier alpha value is -2.95. The van der Waals surface area contributed by atoms with E-state index in [4.69, 9.17) is 4.74 Å². The number of ether oxygens (including phenoxy) is 1. The predicted octanol–water partition coefficient (Wildman–Crippen LogP) is 3.15. The molecule has 5 heteroatoms. The average Bonchev–Trinajstić information content (AvgIpc) is 2.98. The second-order valence-electron chi connectivity index (χ2n) is 6.66. The molecule has 0 spiro atoms. The summed E-state index contributed by atoms with van der Waals surface area (Å²) in [4.78, 5) is 37.5. The molecular weight excluding hydrogens is 330 g/mol. The van der Waals surface area contributed by atoms with Gasteiger partial charge in [0.2, 0.25) is 5.91 Å². The molecular formula is C21H21NO4. The SMILES string of the molecule is CC(=O)c1ccc(OC(=O)[C@H]2CC(=O)N(Cc3ccc(C)cc3)C2)cc1. The lowest BCUT2D eigenvalue weighted by Crippen LogP contribution is -2.27. The number of carbonyl (C=O) groups is 3. The van der Waals surface area contributed by atoms with Crippen molar-refractivity contribution in [1.29, 1.82) is 0 Å². The van der Waals surface area contributed by atoms with Crippen LogP contribution in [-0.4, -0.2) is 29.1 Å². The zero-order valence-electron chi connectivity index (χ0n) is 14.9. The van der Waals surface area contributed by atoms with Gasteiger partial charge in [0.05, 0.1) is 5.92 Å². The minimum Gasteiger partial charge on any atom is -0.426 e. The zero-order chi connectivity index (χ0) is 18.7. The van der Waals surface area contributed by atoms with Crippen LogP contribution in [0.15, 0.2) is 48.5 Å². The number of rotatable bonds is 5. The Bertz CT molecular complexity index is 824. The summed E-state index contributed by atoms with van der Waals surface area (Å²) in [6.07, 6.45) is 0.163. The molecule has 1 amide bonds. The minimum absolute atomic E-state index is 0.0422. The summed E-state index contributed by atoms with van der Waals surface area (Å²) >= 11 is 0. The van der Waals surface area contributed by atoms with Crippen LogP contribution < -0.4 is 4.74 Å². The lowest BCUT2D eigenvalue weighted by Gasteiger charge is -2.16. The van der Waals surface area contributed by atoms with E-state index in [1.807, 2.05) is 31.2 Å². The van der Waals surface area contributed by atoms with Crippen LogP contribution in [0.25, 0.3) is 0 Å². The third-order valence-corrected chi connectivity index (χ3v) is 4.52. The van der Waals surface area contributed by atoms with Crippen molar-refractivity contribution >= 4 is 17.7 Å². The first-order valence-corrected chi connectivity index (χ1v) is 8.58. The second kappa shape index (κ2) is 7.52. The first-order valence-electron chi connectivity index (χ1n) is 8.58. The highest BCUT2D eigenvalue weighted by atomic mass is 16.5. The van der Waals surface area contributed by atoms with Crippen molar-refractivity contribution in [2.24, 2.45) is 5.92 Å². The van der Waals surface area contributed by atoms with E-state index in [1.165, 1.54) is 12.5 Å². The maximum Gasteiger partial charge on any atom is 0.316 e. The molecule has 0 radical (unpaired) electrons. The standard InChI is InChI=1S/C21H21NO4/c1-14-3-5-16(6-4-14)12-22-13-18(11-20(22)24)21(25)26-19-9-7-17(8-10-19)15(2)23/h3-10,18H,11-13H2,1-2H3/t18-/m0/s1. The molecule has 1 heterocycles. The molecule has 1 atom stereocenters. The average molecular weight is 351 g/mol. The molecule has 0 unspecified atom stereocenters. The molecule has 5 nitrogen and oxygen atoms in total. The van der Waals surface area contributed by atoms with Crippen molar-refractivity contribution in [3.63, 3.8) is 0 Å². The maximum atomic E-state index is 12.4. The van der Waals surface area contributed by atoms with Gasteiger partial charge >= 0.3 is 5.97 Å². The summed E-state index contributed by atoms with van der Waals surface area (Å²) in [7, 11) is 0. The van der Waals surface area contributed by atoms with Gasteiger partial charge < -0.3 is 9.64 Å². The summed E-state index contributed by atoms with van der Waals surface area (Å²) in [6, 6.07) is 14.4. The predicted molar refractivity (Wildman–Crippen MR) is 96.8 cm³/mol. The van der Waals surface area contributed by atoms with Gasteiger partial charge in [0.15, 0.2) is 5.78 Å². The van der Waals surface area contributed by atoms with Gasteiger partial charge in [0.1, 0.15) is 5.75 Å². The van der Waals surface area contributed by atoms with Gasteiger partial charge in [0, 0.05) is 25.1 Å². The Morgan fingerprint density at radius 3 is 2.35 bits per heavy atom. The number of esters is 1. The van der Waals surface area contributed by atoms with Gasteiger partial charge in [-0.1, -0.05) is 29.8 Å². The van der Waals surface area contributed by atoms with Crippen LogP contribution >= 0.6 is 0 Å². The number of likely N-dealkylation sites (tertiary alicyclic amines) is 1. The van der Waals surface area contributed by atoms with Crippen LogP contribution in [-0.2, 0) is 16.1 Å². The fraction of sp³-hybridized carbons (Fsp3) is 0.286. The Balaban J connectivity index is 1.59. The molecule has 2 aromatic rings. The van der Waals surface area contributed by atoms with Gasteiger partial charge in [-0.05, 0) is 43.7 Å². The summed E-state index contributed by atoms with van der Waals surface area (Å²) in [5.41, 5.74) is 2.77. The van der Waals surface area contributed by atoms with Gasteiger partial charge in [-0.2, -0.15) is 0 Å². The first-order chi connectivity index (χ1) is 12.4. The molecule has 134 valence electrons. The Labute approximate surface area is 152 Å². The van der Waals surface area contributed by atoms with Crippen molar-refractivity contribution in [3.05, 3.63) is 65.2 Å². The molecule has 0 N–H and O–H groups in total. The number of ketones is 1. The molecule has 2 aromatic carbocycles. The Kier molecular flexibility index (Phi) is 5.16. The summed E-state index contributed by atoms with van der Waals surface area (Å²) < 4.78 is 5.37. The zero-order valence-corrected chi connectivity index (χ0v) is 14.9. The fourth-order valence-corrected chi connectivity index (χ4v) is 2.95. The number of nitrogens with zero attached hydrogens (tertiary/aromatic N) is 1. The quantitative estimate of drug-likeness (QED) is 0.472. The van der Waals surface area contributed by atoms with Crippen molar-refractivity contribution < 1.29 is 19.1 Å². The molecule has 1 aliphatic heterocycles. The van der Waals surface area contributed by atoms with Gasteiger partial charge in [0.25, 0.3) is 0 Å². The molecule has 1 fully saturated rings. The van der Waals surface area contributed by atoms with E-state index in [2.05, 4.69) is 0 Å². The highest BCUT2D eigenvalue weighted by Crippen LogP contribution is 2.23. The second-order valence-corrected chi connectivity index (χ2v) is 6.66. The first kappa shape index (κ1) is 17.9. The third kappa shape index (κ3) is 4.17. The fourth-order valence-electron chi connectivity index (χ4n) is 2.95. The van der Waals surface area contributed by atoms with Gasteiger partial charge in [-0.3, -0.25) is 14.4 Å². The van der Waals surface area contributed by atoms with Crippen molar-refractivity contribution in [1.82, 2.24) is 4.90 Å². The van der Waals surface area contributed by atoms with Crippen LogP contribution in [0.1, 0.15) is 34.8 Å². The number of benzene rings is 2. The molecule has 1 saturated heterocycles. The highest BCUT2D eigenvalue weighted by molar-refractivity contribution is 5.94. The number of Topliss-reactive ketones (excluding diaryl/α,β-unsaturated/α-hetero) is 1. The van der Waals surface area contributed by atoms with Crippen LogP contribution in [0.3, 0.4) is 0 Å². The van der Waals surface area contributed by atoms with E-state index in [9.17, 15) is 14.4 Å².